The van der Waals surface area contributed by atoms with E-state index in [1.807, 2.05) is 0 Å². The van der Waals surface area contributed by atoms with Crippen molar-refractivity contribution in [2.24, 2.45) is 10.9 Å². The van der Waals surface area contributed by atoms with Crippen LogP contribution in [0.3, 0.4) is 0 Å². The first-order valence-electron chi connectivity index (χ1n) is 5.45. The molecule has 1 saturated carbocycles. The zero-order valence-electron chi connectivity index (χ0n) is 8.46. The van der Waals surface area contributed by atoms with Crippen LogP contribution in [0.15, 0.2) is 4.99 Å². The number of isocyanates is 1. The average molecular weight is 181 g/mol. The van der Waals surface area contributed by atoms with Crippen molar-refractivity contribution in [3.8, 4) is 0 Å². The Labute approximate surface area is 80.4 Å². The topological polar surface area (TPSA) is 29.4 Å². The molecule has 0 aromatic heterocycles. The Hall–Kier alpha value is -0.620. The van der Waals surface area contributed by atoms with E-state index in [1.165, 1.54) is 32.1 Å². The molecular weight excluding hydrogens is 162 g/mol. The number of aliphatic imine (C=N–C) groups is 1. The molecule has 74 valence electrons. The van der Waals surface area contributed by atoms with Gasteiger partial charge in [-0.05, 0) is 25.2 Å². The van der Waals surface area contributed by atoms with Crippen molar-refractivity contribution < 1.29 is 4.79 Å². The summed E-state index contributed by atoms with van der Waals surface area (Å²) >= 11 is 0. The maximum atomic E-state index is 10.2. The van der Waals surface area contributed by atoms with Crippen LogP contribution in [0.2, 0.25) is 0 Å². The third kappa shape index (κ3) is 3.31. The fourth-order valence-electron chi connectivity index (χ4n) is 2.29. The maximum absolute atomic E-state index is 10.2. The highest BCUT2D eigenvalue weighted by Gasteiger charge is 2.22. The summed E-state index contributed by atoms with van der Waals surface area (Å²) in [6, 6.07) is 0.266. The van der Waals surface area contributed by atoms with Gasteiger partial charge in [-0.2, -0.15) is 0 Å². The summed E-state index contributed by atoms with van der Waals surface area (Å²) in [5, 5.41) is 0. The summed E-state index contributed by atoms with van der Waals surface area (Å²) in [6.45, 7) is 2.15. The van der Waals surface area contributed by atoms with Crippen LogP contribution in [0.4, 0.5) is 0 Å². The van der Waals surface area contributed by atoms with Crippen molar-refractivity contribution >= 4 is 6.08 Å². The second kappa shape index (κ2) is 5.93. The van der Waals surface area contributed by atoms with Crippen LogP contribution in [0.25, 0.3) is 0 Å². The molecular formula is C11H19NO. The predicted molar refractivity (Wildman–Crippen MR) is 53.4 cm³/mol. The van der Waals surface area contributed by atoms with E-state index in [9.17, 15) is 4.79 Å². The van der Waals surface area contributed by atoms with E-state index in [4.69, 9.17) is 0 Å². The van der Waals surface area contributed by atoms with Gasteiger partial charge >= 0.3 is 0 Å². The molecule has 2 heteroatoms. The Morgan fingerprint density at radius 1 is 1.38 bits per heavy atom. The Bertz CT molecular complexity index is 179. The first-order chi connectivity index (χ1) is 6.38. The number of hydrogen-bond acceptors (Lipinski definition) is 2. The smallest absolute Gasteiger partial charge is 0.211 e. The number of carbonyl (C=O) groups excluding carboxylic acids is 1. The van der Waals surface area contributed by atoms with Crippen molar-refractivity contribution in [1.29, 1.82) is 0 Å². The first-order valence-corrected chi connectivity index (χ1v) is 5.45. The Morgan fingerprint density at radius 2 is 2.08 bits per heavy atom. The molecule has 13 heavy (non-hydrogen) atoms. The number of nitrogens with zero attached hydrogens (tertiary/aromatic N) is 1. The van der Waals surface area contributed by atoms with Gasteiger partial charge in [-0.25, -0.2) is 9.79 Å². The quantitative estimate of drug-likeness (QED) is 0.484. The molecule has 1 fully saturated rings. The maximum Gasteiger partial charge on any atom is 0.235 e. The molecule has 0 aromatic rings. The first kappa shape index (κ1) is 10.5. The predicted octanol–water partition coefficient (Wildman–Crippen LogP) is 3.07. The van der Waals surface area contributed by atoms with E-state index in [-0.39, 0.29) is 6.04 Å². The fraction of sp³-hybridized carbons (Fsp3) is 0.909. The molecule has 1 aliphatic rings. The van der Waals surface area contributed by atoms with Crippen molar-refractivity contribution in [2.75, 3.05) is 0 Å². The molecule has 0 heterocycles. The van der Waals surface area contributed by atoms with E-state index in [1.54, 1.807) is 6.08 Å². The highest BCUT2D eigenvalue weighted by Crippen LogP contribution is 2.29. The summed E-state index contributed by atoms with van der Waals surface area (Å²) in [4.78, 5) is 14.2. The average Bonchev–Trinajstić information content (AvgIpc) is 2.19. The van der Waals surface area contributed by atoms with E-state index >= 15 is 0 Å². The van der Waals surface area contributed by atoms with E-state index in [0.29, 0.717) is 5.92 Å². The molecule has 0 amide bonds. The molecule has 0 N–H and O–H groups in total. The molecule has 1 rings (SSSR count). The van der Waals surface area contributed by atoms with Gasteiger partial charge in [0, 0.05) is 0 Å². The minimum absolute atomic E-state index is 0.266. The van der Waals surface area contributed by atoms with Crippen LogP contribution < -0.4 is 0 Å². The molecule has 0 unspecified atom stereocenters. The molecule has 0 spiro atoms. The SMILES string of the molecule is CCC[C@@H](N=C=O)C1CCCCC1. The van der Waals surface area contributed by atoms with Crippen LogP contribution in [-0.2, 0) is 4.79 Å². The van der Waals surface area contributed by atoms with Gasteiger partial charge in [0.2, 0.25) is 6.08 Å². The third-order valence-corrected chi connectivity index (χ3v) is 3.00. The summed E-state index contributed by atoms with van der Waals surface area (Å²) < 4.78 is 0. The van der Waals surface area contributed by atoms with Gasteiger partial charge in [0.1, 0.15) is 0 Å². The molecule has 0 aromatic carbocycles. The van der Waals surface area contributed by atoms with Gasteiger partial charge in [0.15, 0.2) is 0 Å². The molecule has 1 aliphatic carbocycles. The fourth-order valence-corrected chi connectivity index (χ4v) is 2.29. The minimum Gasteiger partial charge on any atom is -0.211 e. The van der Waals surface area contributed by atoms with E-state index in [0.717, 1.165) is 12.8 Å². The Balaban J connectivity index is 2.45. The second-order valence-electron chi connectivity index (χ2n) is 3.97. The van der Waals surface area contributed by atoms with Crippen molar-refractivity contribution in [1.82, 2.24) is 0 Å². The van der Waals surface area contributed by atoms with E-state index in [2.05, 4.69) is 11.9 Å². The van der Waals surface area contributed by atoms with Gasteiger partial charge < -0.3 is 0 Å². The summed E-state index contributed by atoms with van der Waals surface area (Å²) in [5.41, 5.74) is 0. The second-order valence-corrected chi connectivity index (χ2v) is 3.97. The zero-order chi connectivity index (χ0) is 9.52. The van der Waals surface area contributed by atoms with Crippen LogP contribution in [0.1, 0.15) is 51.9 Å². The van der Waals surface area contributed by atoms with Crippen LogP contribution in [-0.4, -0.2) is 12.1 Å². The minimum atomic E-state index is 0.266. The van der Waals surface area contributed by atoms with E-state index < -0.39 is 0 Å². The zero-order valence-corrected chi connectivity index (χ0v) is 8.46. The number of hydrogen-bond donors (Lipinski definition) is 0. The lowest BCUT2D eigenvalue weighted by molar-refractivity contribution is 0.294. The molecule has 0 aliphatic heterocycles. The van der Waals surface area contributed by atoms with Gasteiger partial charge in [-0.1, -0.05) is 32.6 Å². The van der Waals surface area contributed by atoms with Crippen LogP contribution in [0, 0.1) is 5.92 Å². The van der Waals surface area contributed by atoms with Crippen molar-refractivity contribution in [3.05, 3.63) is 0 Å². The Morgan fingerprint density at radius 3 is 2.62 bits per heavy atom. The summed E-state index contributed by atoms with van der Waals surface area (Å²) in [6.07, 6.45) is 10.4. The lowest BCUT2D eigenvalue weighted by atomic mass is 9.82. The summed E-state index contributed by atoms with van der Waals surface area (Å²) in [7, 11) is 0. The normalized spacial score (nSPS) is 20.7. The number of rotatable bonds is 4. The highest BCUT2D eigenvalue weighted by molar-refractivity contribution is 5.33. The van der Waals surface area contributed by atoms with Crippen LogP contribution >= 0.6 is 0 Å². The Kier molecular flexibility index (Phi) is 4.77. The molecule has 2 nitrogen and oxygen atoms in total. The van der Waals surface area contributed by atoms with Gasteiger partial charge in [-0.3, -0.25) is 0 Å². The summed E-state index contributed by atoms with van der Waals surface area (Å²) in [5.74, 6) is 0.662. The molecule has 0 saturated heterocycles. The highest BCUT2D eigenvalue weighted by atomic mass is 16.1. The molecule has 0 radical (unpaired) electrons. The molecule has 1 atom stereocenters. The lowest BCUT2D eigenvalue weighted by Gasteiger charge is -2.26. The van der Waals surface area contributed by atoms with Gasteiger partial charge in [-0.15, -0.1) is 0 Å². The van der Waals surface area contributed by atoms with Crippen molar-refractivity contribution in [3.63, 3.8) is 0 Å². The monoisotopic (exact) mass is 181 g/mol. The standard InChI is InChI=1S/C11H19NO/c1-2-6-11(12-9-13)10-7-4-3-5-8-10/h10-11H,2-8H2,1H3/t11-/m1/s1. The lowest BCUT2D eigenvalue weighted by Crippen LogP contribution is -2.21. The third-order valence-electron chi connectivity index (χ3n) is 3.00. The van der Waals surface area contributed by atoms with Crippen molar-refractivity contribution in [2.45, 2.75) is 57.9 Å². The van der Waals surface area contributed by atoms with Gasteiger partial charge in [0.25, 0.3) is 0 Å². The largest absolute Gasteiger partial charge is 0.235 e. The van der Waals surface area contributed by atoms with Gasteiger partial charge in [0.05, 0.1) is 6.04 Å². The van der Waals surface area contributed by atoms with Crippen LogP contribution in [0.5, 0.6) is 0 Å². The molecule has 0 bridgehead atoms.